The van der Waals surface area contributed by atoms with Crippen LogP contribution in [0.4, 0.5) is 10.5 Å². The van der Waals surface area contributed by atoms with Crippen LogP contribution < -0.4 is 15.4 Å². The van der Waals surface area contributed by atoms with E-state index in [2.05, 4.69) is 10.6 Å². The van der Waals surface area contributed by atoms with E-state index in [-0.39, 0.29) is 18.0 Å². The molecule has 6 nitrogen and oxygen atoms in total. The number of para-hydroxylation sites is 2. The molecule has 0 aliphatic carbocycles. The lowest BCUT2D eigenvalue weighted by Gasteiger charge is -2.25. The summed E-state index contributed by atoms with van der Waals surface area (Å²) < 4.78 is 5.51. The number of likely N-dealkylation sites (tertiary alicyclic amines) is 1. The van der Waals surface area contributed by atoms with Crippen LogP contribution in [0.3, 0.4) is 0 Å². The third-order valence-electron chi connectivity index (χ3n) is 3.68. The van der Waals surface area contributed by atoms with E-state index >= 15 is 0 Å². The molecule has 1 saturated heterocycles. The largest absolute Gasteiger partial charge is 0.492 e. The molecule has 23 heavy (non-hydrogen) atoms. The molecule has 0 aromatic heterocycles. The fraction of sp³-hybridized carbons (Fsp3) is 0.529. The van der Waals surface area contributed by atoms with Crippen molar-refractivity contribution in [2.45, 2.75) is 45.7 Å². The van der Waals surface area contributed by atoms with E-state index in [0.29, 0.717) is 31.0 Å². The van der Waals surface area contributed by atoms with Crippen LogP contribution in [-0.2, 0) is 4.79 Å². The van der Waals surface area contributed by atoms with E-state index < -0.39 is 6.04 Å². The van der Waals surface area contributed by atoms with Crippen LogP contribution in [0.25, 0.3) is 0 Å². The number of anilines is 1. The van der Waals surface area contributed by atoms with Gasteiger partial charge in [-0.25, -0.2) is 4.79 Å². The number of benzene rings is 1. The minimum Gasteiger partial charge on any atom is -0.492 e. The van der Waals surface area contributed by atoms with Crippen LogP contribution in [0, 0.1) is 0 Å². The second kappa shape index (κ2) is 7.85. The Bertz CT molecular complexity index is 560. The zero-order chi connectivity index (χ0) is 16.8. The van der Waals surface area contributed by atoms with Crippen molar-refractivity contribution in [3.05, 3.63) is 24.3 Å². The first-order valence-corrected chi connectivity index (χ1v) is 8.12. The highest BCUT2D eigenvalue weighted by Gasteiger charge is 2.34. The van der Waals surface area contributed by atoms with Crippen LogP contribution in [0.1, 0.15) is 33.6 Å². The van der Waals surface area contributed by atoms with Crippen LogP contribution in [0.15, 0.2) is 24.3 Å². The Labute approximate surface area is 137 Å². The SMILES string of the molecule is CCOc1ccccc1NC(=O)N1CCCC1C(=O)NC(C)C. The summed E-state index contributed by atoms with van der Waals surface area (Å²) >= 11 is 0. The highest BCUT2D eigenvalue weighted by atomic mass is 16.5. The number of carbonyl (C=O) groups is 2. The fourth-order valence-corrected chi connectivity index (χ4v) is 2.70. The Hall–Kier alpha value is -2.24. The average Bonchev–Trinajstić information content (AvgIpc) is 2.98. The zero-order valence-corrected chi connectivity index (χ0v) is 14.0. The van der Waals surface area contributed by atoms with Gasteiger partial charge in [-0.2, -0.15) is 0 Å². The quantitative estimate of drug-likeness (QED) is 0.876. The van der Waals surface area contributed by atoms with Crippen molar-refractivity contribution in [3.63, 3.8) is 0 Å². The van der Waals surface area contributed by atoms with Gasteiger partial charge in [0.15, 0.2) is 0 Å². The number of urea groups is 1. The molecule has 1 fully saturated rings. The first kappa shape index (κ1) is 17.1. The number of ether oxygens (including phenoxy) is 1. The fourth-order valence-electron chi connectivity index (χ4n) is 2.70. The van der Waals surface area contributed by atoms with Gasteiger partial charge in [0.2, 0.25) is 5.91 Å². The number of hydrogen-bond acceptors (Lipinski definition) is 3. The summed E-state index contributed by atoms with van der Waals surface area (Å²) in [5.41, 5.74) is 0.620. The van der Waals surface area contributed by atoms with Crippen molar-refractivity contribution in [1.82, 2.24) is 10.2 Å². The molecule has 1 atom stereocenters. The smallest absolute Gasteiger partial charge is 0.322 e. The van der Waals surface area contributed by atoms with E-state index in [1.165, 1.54) is 0 Å². The third-order valence-corrected chi connectivity index (χ3v) is 3.68. The van der Waals surface area contributed by atoms with E-state index in [0.717, 1.165) is 6.42 Å². The van der Waals surface area contributed by atoms with E-state index in [4.69, 9.17) is 4.74 Å². The summed E-state index contributed by atoms with van der Waals surface area (Å²) in [4.78, 5) is 26.4. The number of amides is 3. The Morgan fingerprint density at radius 2 is 2.09 bits per heavy atom. The van der Waals surface area contributed by atoms with Crippen LogP contribution in [-0.4, -0.2) is 42.1 Å². The highest BCUT2D eigenvalue weighted by Crippen LogP contribution is 2.25. The third kappa shape index (κ3) is 4.37. The summed E-state index contributed by atoms with van der Waals surface area (Å²) in [7, 11) is 0. The number of carbonyl (C=O) groups excluding carboxylic acids is 2. The second-order valence-electron chi connectivity index (χ2n) is 5.87. The molecule has 0 saturated carbocycles. The van der Waals surface area contributed by atoms with Crippen molar-refractivity contribution in [1.29, 1.82) is 0 Å². The molecule has 2 N–H and O–H groups in total. The van der Waals surface area contributed by atoms with Gasteiger partial charge in [-0.3, -0.25) is 4.79 Å². The van der Waals surface area contributed by atoms with E-state index in [1.54, 1.807) is 11.0 Å². The summed E-state index contributed by atoms with van der Waals surface area (Å²) in [5, 5.41) is 5.74. The molecule has 1 aliphatic rings. The summed E-state index contributed by atoms with van der Waals surface area (Å²) in [6.07, 6.45) is 1.52. The van der Waals surface area contributed by atoms with E-state index in [1.807, 2.05) is 39.0 Å². The van der Waals surface area contributed by atoms with Crippen LogP contribution in [0.2, 0.25) is 0 Å². The molecular weight excluding hydrogens is 294 g/mol. The summed E-state index contributed by atoms with van der Waals surface area (Å²) in [6.45, 7) is 6.82. The maximum absolute atomic E-state index is 12.6. The van der Waals surface area contributed by atoms with Gasteiger partial charge < -0.3 is 20.3 Å². The van der Waals surface area contributed by atoms with Gasteiger partial charge >= 0.3 is 6.03 Å². The Balaban J connectivity index is 2.06. The minimum absolute atomic E-state index is 0.0618. The summed E-state index contributed by atoms with van der Waals surface area (Å²) in [6, 6.07) is 6.69. The normalized spacial score (nSPS) is 17.2. The van der Waals surface area contributed by atoms with Crippen molar-refractivity contribution in [2.24, 2.45) is 0 Å². The van der Waals surface area contributed by atoms with Gasteiger partial charge in [0.1, 0.15) is 11.8 Å². The molecule has 0 radical (unpaired) electrons. The maximum Gasteiger partial charge on any atom is 0.322 e. The molecule has 1 aromatic rings. The number of hydrogen-bond donors (Lipinski definition) is 2. The molecule has 1 aliphatic heterocycles. The molecule has 2 rings (SSSR count). The van der Waals surface area contributed by atoms with Gasteiger partial charge in [-0.05, 0) is 45.7 Å². The van der Waals surface area contributed by atoms with Crippen molar-refractivity contribution in [3.8, 4) is 5.75 Å². The van der Waals surface area contributed by atoms with Crippen molar-refractivity contribution in [2.75, 3.05) is 18.5 Å². The monoisotopic (exact) mass is 319 g/mol. The Morgan fingerprint density at radius 1 is 1.35 bits per heavy atom. The number of nitrogens with one attached hydrogen (secondary N) is 2. The molecule has 1 aromatic carbocycles. The standard InChI is InChI=1S/C17H25N3O3/c1-4-23-15-10-6-5-8-13(15)19-17(22)20-11-7-9-14(20)16(21)18-12(2)3/h5-6,8,10,12,14H,4,7,9,11H2,1-3H3,(H,18,21)(H,19,22). The van der Waals surface area contributed by atoms with Crippen LogP contribution >= 0.6 is 0 Å². The lowest BCUT2D eigenvalue weighted by atomic mass is 10.2. The number of rotatable bonds is 5. The van der Waals surface area contributed by atoms with Gasteiger partial charge in [0.05, 0.1) is 12.3 Å². The molecular formula is C17H25N3O3. The zero-order valence-electron chi connectivity index (χ0n) is 14.0. The van der Waals surface area contributed by atoms with Crippen molar-refractivity contribution >= 4 is 17.6 Å². The number of nitrogens with zero attached hydrogens (tertiary/aromatic N) is 1. The Morgan fingerprint density at radius 3 is 2.78 bits per heavy atom. The highest BCUT2D eigenvalue weighted by molar-refractivity contribution is 5.95. The van der Waals surface area contributed by atoms with Gasteiger partial charge in [0.25, 0.3) is 0 Å². The summed E-state index contributed by atoms with van der Waals surface area (Å²) in [5.74, 6) is 0.538. The van der Waals surface area contributed by atoms with E-state index in [9.17, 15) is 9.59 Å². The topological polar surface area (TPSA) is 70.7 Å². The van der Waals surface area contributed by atoms with Gasteiger partial charge in [-0.15, -0.1) is 0 Å². The molecule has 3 amide bonds. The minimum atomic E-state index is -0.406. The lowest BCUT2D eigenvalue weighted by Crippen LogP contribution is -2.48. The van der Waals surface area contributed by atoms with Crippen molar-refractivity contribution < 1.29 is 14.3 Å². The van der Waals surface area contributed by atoms with Crippen LogP contribution in [0.5, 0.6) is 5.75 Å². The van der Waals surface area contributed by atoms with Gasteiger partial charge in [0, 0.05) is 12.6 Å². The molecule has 0 spiro atoms. The molecule has 126 valence electrons. The lowest BCUT2D eigenvalue weighted by molar-refractivity contribution is -0.125. The predicted octanol–water partition coefficient (Wildman–Crippen LogP) is 2.61. The molecule has 1 heterocycles. The Kier molecular flexibility index (Phi) is 5.84. The molecule has 6 heteroatoms. The first-order chi connectivity index (χ1) is 11.0. The maximum atomic E-state index is 12.6. The molecule has 1 unspecified atom stereocenters. The first-order valence-electron chi connectivity index (χ1n) is 8.12. The second-order valence-corrected chi connectivity index (χ2v) is 5.87. The predicted molar refractivity (Wildman–Crippen MR) is 89.6 cm³/mol. The molecule has 0 bridgehead atoms. The van der Waals surface area contributed by atoms with Gasteiger partial charge in [-0.1, -0.05) is 12.1 Å². The average molecular weight is 319 g/mol.